The van der Waals surface area contributed by atoms with Crippen LogP contribution in [-0.2, 0) is 15.0 Å². The maximum absolute atomic E-state index is 12.0. The number of likely N-dealkylation sites (N-methyl/N-ethyl adjacent to an activating group) is 1. The second-order valence-corrected chi connectivity index (χ2v) is 6.08. The first-order valence-corrected chi connectivity index (χ1v) is 6.84. The van der Waals surface area contributed by atoms with E-state index in [4.69, 9.17) is 5.73 Å². The molecule has 1 amide bonds. The number of carbonyl (C=O) groups is 1. The first kappa shape index (κ1) is 13.4. The zero-order chi connectivity index (χ0) is 12.2. The second-order valence-electron chi connectivity index (χ2n) is 4.04. The summed E-state index contributed by atoms with van der Waals surface area (Å²) in [6.45, 7) is 0.801. The summed E-state index contributed by atoms with van der Waals surface area (Å²) in [4.78, 5) is 10.7. The molecule has 1 fully saturated rings. The van der Waals surface area contributed by atoms with Gasteiger partial charge in [0.15, 0.2) is 0 Å². The Bertz CT molecular complexity index is 334. The van der Waals surface area contributed by atoms with E-state index in [1.807, 2.05) is 0 Å². The summed E-state index contributed by atoms with van der Waals surface area (Å²) in [5.74, 6) is -0.638. The van der Waals surface area contributed by atoms with Crippen molar-refractivity contribution in [1.29, 1.82) is 0 Å². The van der Waals surface area contributed by atoms with Crippen LogP contribution < -0.4 is 5.73 Å². The topological polar surface area (TPSA) is 83.7 Å². The fourth-order valence-corrected chi connectivity index (χ4v) is 3.17. The third kappa shape index (κ3) is 3.43. The van der Waals surface area contributed by atoms with Crippen molar-refractivity contribution in [3.8, 4) is 0 Å². The van der Waals surface area contributed by atoms with Gasteiger partial charge in [0.25, 0.3) is 10.2 Å². The Morgan fingerprint density at radius 3 is 2.19 bits per heavy atom. The molecule has 0 atom stereocenters. The number of nitrogens with zero attached hydrogens (tertiary/aromatic N) is 2. The minimum absolute atomic E-state index is 0.265. The first-order chi connectivity index (χ1) is 7.44. The van der Waals surface area contributed by atoms with E-state index in [-0.39, 0.29) is 6.54 Å². The highest BCUT2D eigenvalue weighted by Crippen LogP contribution is 2.15. The lowest BCUT2D eigenvalue weighted by molar-refractivity contribution is -0.118. The second kappa shape index (κ2) is 5.60. The van der Waals surface area contributed by atoms with Crippen LogP contribution in [0.25, 0.3) is 0 Å². The predicted octanol–water partition coefficient (Wildman–Crippen LogP) is -0.476. The largest absolute Gasteiger partial charge is 0.369 e. The Balaban J connectivity index is 2.70. The van der Waals surface area contributed by atoms with Crippen LogP contribution in [0.5, 0.6) is 0 Å². The quantitative estimate of drug-likeness (QED) is 0.730. The lowest BCUT2D eigenvalue weighted by Crippen LogP contribution is -2.45. The number of hydrogen-bond donors (Lipinski definition) is 1. The van der Waals surface area contributed by atoms with Crippen LogP contribution in [-0.4, -0.2) is 49.6 Å². The van der Waals surface area contributed by atoms with Crippen molar-refractivity contribution in [1.82, 2.24) is 8.61 Å². The monoisotopic (exact) mass is 249 g/mol. The summed E-state index contributed by atoms with van der Waals surface area (Å²) in [6, 6.07) is 0. The molecule has 16 heavy (non-hydrogen) atoms. The van der Waals surface area contributed by atoms with Gasteiger partial charge in [-0.2, -0.15) is 17.0 Å². The van der Waals surface area contributed by atoms with Crippen molar-refractivity contribution in [3.63, 3.8) is 0 Å². The van der Waals surface area contributed by atoms with E-state index in [1.54, 1.807) is 0 Å². The molecule has 1 rings (SSSR count). The number of nitrogens with two attached hydrogens (primary N) is 1. The molecule has 0 aliphatic carbocycles. The van der Waals surface area contributed by atoms with Crippen LogP contribution in [0.15, 0.2) is 0 Å². The normalized spacial score (nSPS) is 19.6. The molecule has 0 bridgehead atoms. The van der Waals surface area contributed by atoms with Crippen molar-refractivity contribution < 1.29 is 13.2 Å². The molecule has 0 radical (unpaired) electrons. The number of hydrogen-bond acceptors (Lipinski definition) is 3. The average Bonchev–Trinajstić information content (AvgIpc) is 2.44. The van der Waals surface area contributed by atoms with Gasteiger partial charge in [-0.1, -0.05) is 12.8 Å². The van der Waals surface area contributed by atoms with Gasteiger partial charge >= 0.3 is 0 Å². The average molecular weight is 249 g/mol. The van der Waals surface area contributed by atoms with E-state index in [0.29, 0.717) is 13.1 Å². The van der Waals surface area contributed by atoms with Gasteiger partial charge in [-0.25, -0.2) is 0 Å². The fourth-order valence-electron chi connectivity index (χ4n) is 1.77. The molecule has 7 heteroatoms. The molecule has 0 aromatic carbocycles. The highest BCUT2D eigenvalue weighted by molar-refractivity contribution is 7.86. The highest BCUT2D eigenvalue weighted by atomic mass is 32.2. The zero-order valence-electron chi connectivity index (χ0n) is 9.55. The summed E-state index contributed by atoms with van der Waals surface area (Å²) >= 11 is 0. The lowest BCUT2D eigenvalue weighted by Gasteiger charge is -2.25. The molecule has 94 valence electrons. The summed E-state index contributed by atoms with van der Waals surface area (Å²) < 4.78 is 26.5. The SMILES string of the molecule is CN(CC(N)=O)S(=O)(=O)N1CCCCCC1. The Kier molecular flexibility index (Phi) is 4.69. The molecule has 0 unspecified atom stereocenters. The standard InChI is InChI=1S/C9H19N3O3S/c1-11(8-9(10)13)16(14,15)12-6-4-2-3-5-7-12/h2-8H2,1H3,(H2,10,13). The lowest BCUT2D eigenvalue weighted by atomic mass is 10.2. The van der Waals surface area contributed by atoms with Gasteiger partial charge in [0.05, 0.1) is 6.54 Å². The van der Waals surface area contributed by atoms with Gasteiger partial charge in [-0.05, 0) is 12.8 Å². The van der Waals surface area contributed by atoms with E-state index < -0.39 is 16.1 Å². The number of carbonyl (C=O) groups excluding carboxylic acids is 1. The Labute approximate surface area is 96.6 Å². The van der Waals surface area contributed by atoms with Gasteiger partial charge in [0, 0.05) is 20.1 Å². The van der Waals surface area contributed by atoms with Gasteiger partial charge in [-0.15, -0.1) is 0 Å². The highest BCUT2D eigenvalue weighted by Gasteiger charge is 2.27. The first-order valence-electron chi connectivity index (χ1n) is 5.44. The summed E-state index contributed by atoms with van der Waals surface area (Å²) in [7, 11) is -2.13. The Morgan fingerprint density at radius 2 is 1.75 bits per heavy atom. The fraction of sp³-hybridized carbons (Fsp3) is 0.889. The van der Waals surface area contributed by atoms with Crippen molar-refractivity contribution in [2.75, 3.05) is 26.7 Å². The molecule has 0 spiro atoms. The van der Waals surface area contributed by atoms with E-state index in [9.17, 15) is 13.2 Å². The molecule has 2 N–H and O–H groups in total. The van der Waals surface area contributed by atoms with Crippen molar-refractivity contribution in [2.24, 2.45) is 5.73 Å². The molecule has 0 aromatic rings. The van der Waals surface area contributed by atoms with Crippen LogP contribution in [0, 0.1) is 0 Å². The molecule has 0 saturated carbocycles. The third-order valence-electron chi connectivity index (χ3n) is 2.66. The van der Waals surface area contributed by atoms with Gasteiger partial charge in [-0.3, -0.25) is 4.79 Å². The van der Waals surface area contributed by atoms with Crippen LogP contribution >= 0.6 is 0 Å². The molecule has 0 aromatic heterocycles. The van der Waals surface area contributed by atoms with Gasteiger partial charge in [0.1, 0.15) is 0 Å². The summed E-state index contributed by atoms with van der Waals surface area (Å²) in [6.07, 6.45) is 3.88. The molecule has 1 aliphatic rings. The number of primary amides is 1. The predicted molar refractivity (Wildman–Crippen MR) is 60.8 cm³/mol. The Morgan fingerprint density at radius 1 is 1.25 bits per heavy atom. The summed E-state index contributed by atoms with van der Waals surface area (Å²) in [5, 5.41) is 0. The minimum atomic E-state index is -3.51. The van der Waals surface area contributed by atoms with Crippen molar-refractivity contribution in [3.05, 3.63) is 0 Å². The minimum Gasteiger partial charge on any atom is -0.369 e. The van der Waals surface area contributed by atoms with Crippen molar-refractivity contribution in [2.45, 2.75) is 25.7 Å². The summed E-state index contributed by atoms with van der Waals surface area (Å²) in [5.41, 5.74) is 4.99. The maximum Gasteiger partial charge on any atom is 0.282 e. The molecule has 1 saturated heterocycles. The van der Waals surface area contributed by atoms with Gasteiger partial charge in [0.2, 0.25) is 5.91 Å². The zero-order valence-corrected chi connectivity index (χ0v) is 10.4. The van der Waals surface area contributed by atoms with Crippen LogP contribution in [0.2, 0.25) is 0 Å². The van der Waals surface area contributed by atoms with E-state index >= 15 is 0 Å². The Hall–Kier alpha value is -0.660. The van der Waals surface area contributed by atoms with E-state index in [2.05, 4.69) is 0 Å². The molecule has 1 heterocycles. The van der Waals surface area contributed by atoms with Crippen molar-refractivity contribution >= 4 is 16.1 Å². The van der Waals surface area contributed by atoms with E-state index in [0.717, 1.165) is 30.0 Å². The van der Waals surface area contributed by atoms with Crippen LogP contribution in [0.1, 0.15) is 25.7 Å². The molecular formula is C9H19N3O3S. The third-order valence-corrected chi connectivity index (χ3v) is 4.60. The van der Waals surface area contributed by atoms with Crippen LogP contribution in [0.4, 0.5) is 0 Å². The number of rotatable bonds is 4. The van der Waals surface area contributed by atoms with E-state index in [1.165, 1.54) is 11.4 Å². The molecular weight excluding hydrogens is 230 g/mol. The number of amides is 1. The smallest absolute Gasteiger partial charge is 0.282 e. The maximum atomic E-state index is 12.0. The van der Waals surface area contributed by atoms with Crippen LogP contribution in [0.3, 0.4) is 0 Å². The molecule has 6 nitrogen and oxygen atoms in total. The molecule has 1 aliphatic heterocycles. The van der Waals surface area contributed by atoms with Gasteiger partial charge < -0.3 is 5.73 Å².